The van der Waals surface area contributed by atoms with Gasteiger partial charge in [-0.1, -0.05) is 18.5 Å². The van der Waals surface area contributed by atoms with Crippen LogP contribution in [0.3, 0.4) is 0 Å². The summed E-state index contributed by atoms with van der Waals surface area (Å²) in [6.07, 6.45) is 1.98. The molecule has 4 heteroatoms. The van der Waals surface area contributed by atoms with Crippen molar-refractivity contribution in [2.45, 2.75) is 33.6 Å². The molecule has 1 fully saturated rings. The number of rotatable bonds is 2. The van der Waals surface area contributed by atoms with Gasteiger partial charge in [0, 0.05) is 48.8 Å². The first kappa shape index (κ1) is 15.1. The van der Waals surface area contributed by atoms with Gasteiger partial charge in [-0.2, -0.15) is 0 Å². The van der Waals surface area contributed by atoms with Crippen LogP contribution in [0.1, 0.15) is 30.9 Å². The first-order valence-corrected chi connectivity index (χ1v) is 5.88. The van der Waals surface area contributed by atoms with Gasteiger partial charge in [-0.25, -0.2) is 0 Å². The molecule has 0 bridgehead atoms. The molecule has 17 heavy (non-hydrogen) atoms. The van der Waals surface area contributed by atoms with Crippen LogP contribution in [-0.2, 0) is 37.5 Å². The third-order valence-electron chi connectivity index (χ3n) is 3.28. The molecule has 0 atom stereocenters. The predicted molar refractivity (Wildman–Crippen MR) is 66.9 cm³/mol. The van der Waals surface area contributed by atoms with Gasteiger partial charge in [0.15, 0.2) is 0 Å². The molecule has 1 aliphatic carbocycles. The molecule has 1 radical (unpaired) electrons. The molecule has 0 heterocycles. The summed E-state index contributed by atoms with van der Waals surface area (Å²) < 4.78 is 0. The third-order valence-corrected chi connectivity index (χ3v) is 3.50. The van der Waals surface area contributed by atoms with E-state index in [0.717, 1.165) is 29.7 Å². The van der Waals surface area contributed by atoms with Crippen LogP contribution < -0.4 is 5.32 Å². The van der Waals surface area contributed by atoms with Crippen molar-refractivity contribution in [3.05, 3.63) is 28.3 Å². The van der Waals surface area contributed by atoms with Gasteiger partial charge >= 0.3 is 0 Å². The summed E-state index contributed by atoms with van der Waals surface area (Å²) in [5.74, 6) is 0.126. The van der Waals surface area contributed by atoms with Crippen LogP contribution in [0.25, 0.3) is 0 Å². The van der Waals surface area contributed by atoms with Crippen LogP contribution in [-0.4, -0.2) is 5.91 Å². The Balaban J connectivity index is 0.00000144. The van der Waals surface area contributed by atoms with Crippen LogP contribution in [0.5, 0.6) is 0 Å². The van der Waals surface area contributed by atoms with E-state index in [1.807, 2.05) is 32.9 Å². The maximum Gasteiger partial charge on any atom is 0.230 e. The van der Waals surface area contributed by atoms with Crippen LogP contribution in [0.15, 0.2) is 12.1 Å². The van der Waals surface area contributed by atoms with E-state index < -0.39 is 0 Å². The number of aryl methyl sites for hydroxylation is 2. The molecule has 1 aromatic carbocycles. The van der Waals surface area contributed by atoms with E-state index in [2.05, 4.69) is 5.32 Å². The minimum Gasteiger partial charge on any atom is -0.325 e. The summed E-state index contributed by atoms with van der Waals surface area (Å²) >= 11 is 5.95. The van der Waals surface area contributed by atoms with E-state index in [4.69, 9.17) is 11.6 Å². The monoisotopic (exact) mass is 326 g/mol. The average Bonchev–Trinajstić information content (AvgIpc) is 2.91. The van der Waals surface area contributed by atoms with Crippen LogP contribution >= 0.6 is 11.6 Å². The fourth-order valence-corrected chi connectivity index (χ4v) is 2.11. The molecule has 1 saturated carbocycles. The zero-order valence-corrected chi connectivity index (χ0v) is 14.0. The maximum atomic E-state index is 11.9. The third kappa shape index (κ3) is 3.30. The minimum atomic E-state index is -0.140. The van der Waals surface area contributed by atoms with Gasteiger partial charge in [0.25, 0.3) is 0 Å². The molecule has 0 aromatic heterocycles. The van der Waals surface area contributed by atoms with Crippen molar-refractivity contribution < 1.29 is 37.5 Å². The molecule has 1 N–H and O–H groups in total. The number of anilines is 1. The summed E-state index contributed by atoms with van der Waals surface area (Å²) in [7, 11) is 0. The second-order valence-corrected chi connectivity index (χ2v) is 5.37. The van der Waals surface area contributed by atoms with Crippen molar-refractivity contribution >= 4 is 23.2 Å². The van der Waals surface area contributed by atoms with Gasteiger partial charge in [0.05, 0.1) is 0 Å². The van der Waals surface area contributed by atoms with E-state index in [0.29, 0.717) is 5.02 Å². The van der Waals surface area contributed by atoms with Gasteiger partial charge in [0.2, 0.25) is 5.91 Å². The molecule has 2 nitrogen and oxygen atoms in total. The molecule has 1 aliphatic rings. The molecular weight excluding hydrogens is 311 g/mol. The Labute approximate surface area is 132 Å². The molecule has 89 valence electrons. The number of halogens is 1. The Bertz CT molecular complexity index is 432. The summed E-state index contributed by atoms with van der Waals surface area (Å²) in [6, 6.07) is 3.75. The van der Waals surface area contributed by atoms with E-state index in [1.165, 1.54) is 0 Å². The van der Waals surface area contributed by atoms with Crippen molar-refractivity contribution in [2.75, 3.05) is 5.32 Å². The summed E-state index contributed by atoms with van der Waals surface area (Å²) in [6.45, 7) is 5.93. The number of hydrogen-bond acceptors (Lipinski definition) is 1. The standard InChI is InChI=1S/C13H16ClNO.Y/c1-8-6-10(14)7-9(2)11(8)15-12(16)13(3)4-5-13;/h6-7H,4-5H2,1-3H3,(H,15,16);. The largest absolute Gasteiger partial charge is 0.325 e. The first-order chi connectivity index (χ1) is 7.42. The Hall–Kier alpha value is 0.0839. The predicted octanol–water partition coefficient (Wildman–Crippen LogP) is 3.69. The van der Waals surface area contributed by atoms with E-state index in [-0.39, 0.29) is 44.0 Å². The van der Waals surface area contributed by atoms with Gasteiger partial charge in [0.1, 0.15) is 0 Å². The van der Waals surface area contributed by atoms with Crippen LogP contribution in [0.2, 0.25) is 5.02 Å². The van der Waals surface area contributed by atoms with Crippen molar-refractivity contribution in [2.24, 2.45) is 5.41 Å². The van der Waals surface area contributed by atoms with Crippen molar-refractivity contribution in [3.8, 4) is 0 Å². The first-order valence-electron chi connectivity index (χ1n) is 5.50. The fraction of sp³-hybridized carbons (Fsp3) is 0.462. The molecule has 0 spiro atoms. The second kappa shape index (κ2) is 5.38. The molecule has 1 aromatic rings. The van der Waals surface area contributed by atoms with Gasteiger partial charge < -0.3 is 5.32 Å². The number of carbonyl (C=O) groups excluding carboxylic acids is 1. The van der Waals surface area contributed by atoms with Crippen LogP contribution in [0, 0.1) is 19.3 Å². The van der Waals surface area contributed by atoms with E-state index in [1.54, 1.807) is 0 Å². The topological polar surface area (TPSA) is 29.1 Å². The SMILES string of the molecule is Cc1cc(Cl)cc(C)c1NC(=O)C1(C)CC1.[Y]. The average molecular weight is 327 g/mol. The van der Waals surface area contributed by atoms with Crippen LogP contribution in [0.4, 0.5) is 5.69 Å². The summed E-state index contributed by atoms with van der Waals surface area (Å²) in [4.78, 5) is 11.9. The Morgan fingerprint density at radius 1 is 1.29 bits per heavy atom. The van der Waals surface area contributed by atoms with Gasteiger partial charge in [-0.05, 0) is 49.9 Å². The van der Waals surface area contributed by atoms with E-state index in [9.17, 15) is 4.79 Å². The normalized spacial score (nSPS) is 16.0. The second-order valence-electron chi connectivity index (χ2n) is 4.93. The Morgan fingerprint density at radius 2 is 1.76 bits per heavy atom. The van der Waals surface area contributed by atoms with E-state index >= 15 is 0 Å². The molecule has 0 unspecified atom stereocenters. The summed E-state index contributed by atoms with van der Waals surface area (Å²) in [5, 5.41) is 3.72. The van der Waals surface area contributed by atoms with Gasteiger partial charge in [-0.3, -0.25) is 4.79 Å². The van der Waals surface area contributed by atoms with Gasteiger partial charge in [-0.15, -0.1) is 0 Å². The zero-order chi connectivity index (χ0) is 11.9. The molecule has 1 amide bonds. The minimum absolute atomic E-state index is 0. The van der Waals surface area contributed by atoms with Crippen molar-refractivity contribution in [1.82, 2.24) is 0 Å². The molecular formula is C13H16ClNOY. The molecule has 0 saturated heterocycles. The fourth-order valence-electron chi connectivity index (χ4n) is 1.79. The smallest absolute Gasteiger partial charge is 0.230 e. The maximum absolute atomic E-state index is 11.9. The summed E-state index contributed by atoms with van der Waals surface area (Å²) in [5.41, 5.74) is 2.80. The van der Waals surface area contributed by atoms with Crippen molar-refractivity contribution in [1.29, 1.82) is 0 Å². The quantitative estimate of drug-likeness (QED) is 0.882. The number of nitrogens with one attached hydrogen (secondary N) is 1. The Kier molecular flexibility index (Phi) is 4.79. The van der Waals surface area contributed by atoms with Crippen molar-refractivity contribution in [3.63, 3.8) is 0 Å². The molecule has 2 rings (SSSR count). The number of benzene rings is 1. The number of hydrogen-bond donors (Lipinski definition) is 1. The Morgan fingerprint density at radius 3 is 2.18 bits per heavy atom. The molecule has 0 aliphatic heterocycles. The zero-order valence-electron chi connectivity index (χ0n) is 10.4. The number of carbonyl (C=O) groups is 1. The number of amides is 1.